The number of nitrogens with one attached hydrogen (secondary N) is 2. The third-order valence-electron chi connectivity index (χ3n) is 4.73. The topological polar surface area (TPSA) is 73.6 Å². The van der Waals surface area contributed by atoms with Gasteiger partial charge in [0.15, 0.2) is 0 Å². The smallest absolute Gasteiger partial charge is 0.292 e. The highest BCUT2D eigenvalue weighted by Gasteiger charge is 2.13. The lowest BCUT2D eigenvalue weighted by molar-refractivity contribution is -0.896. The van der Waals surface area contributed by atoms with Crippen LogP contribution in [0.15, 0.2) is 29.3 Å². The monoisotopic (exact) mass is 408 g/mol. The van der Waals surface area contributed by atoms with Crippen LogP contribution in [-0.2, 0) is 9.47 Å². The van der Waals surface area contributed by atoms with Gasteiger partial charge in [0.2, 0.25) is 0 Å². The second-order valence-corrected chi connectivity index (χ2v) is 6.86. The highest BCUT2D eigenvalue weighted by molar-refractivity contribution is 6.04. The molecule has 0 unspecified atom stereocenters. The van der Waals surface area contributed by atoms with E-state index in [2.05, 4.69) is 24.2 Å². The molecule has 29 heavy (non-hydrogen) atoms. The molecule has 0 fully saturated rings. The van der Waals surface area contributed by atoms with E-state index in [1.807, 2.05) is 13.8 Å². The number of hydrogen-bond acceptors (Lipinski definition) is 5. The van der Waals surface area contributed by atoms with Crippen molar-refractivity contribution < 1.29 is 23.9 Å². The Hall–Kier alpha value is -2.12. The second-order valence-electron chi connectivity index (χ2n) is 6.86. The van der Waals surface area contributed by atoms with Crippen LogP contribution in [0.3, 0.4) is 0 Å². The van der Waals surface area contributed by atoms with Gasteiger partial charge >= 0.3 is 0 Å². The van der Waals surface area contributed by atoms with E-state index in [4.69, 9.17) is 14.2 Å². The van der Waals surface area contributed by atoms with Crippen LogP contribution in [0, 0.1) is 0 Å². The van der Waals surface area contributed by atoms with Crippen LogP contribution in [0.4, 0.5) is 0 Å². The first-order valence-electron chi connectivity index (χ1n) is 10.6. The lowest BCUT2D eigenvalue weighted by atomic mass is 10.2. The number of ether oxygens (including phenoxy) is 3. The van der Waals surface area contributed by atoms with Crippen LogP contribution in [0.1, 0.15) is 50.9 Å². The second kappa shape index (κ2) is 14.8. The molecule has 7 heteroatoms. The van der Waals surface area contributed by atoms with Crippen LogP contribution < -0.4 is 15.0 Å². The first-order valence-corrected chi connectivity index (χ1v) is 10.6. The van der Waals surface area contributed by atoms with Crippen molar-refractivity contribution in [1.29, 1.82) is 0 Å². The minimum absolute atomic E-state index is 0.0585. The van der Waals surface area contributed by atoms with Crippen molar-refractivity contribution in [2.24, 2.45) is 4.99 Å². The summed E-state index contributed by atoms with van der Waals surface area (Å²) in [6.07, 6.45) is 2.03. The van der Waals surface area contributed by atoms with Gasteiger partial charge in [-0.3, -0.25) is 10.1 Å². The molecule has 7 nitrogen and oxygen atoms in total. The van der Waals surface area contributed by atoms with Gasteiger partial charge in [-0.1, -0.05) is 0 Å². The number of nitrogens with zero attached hydrogens (tertiary/aromatic N) is 1. The summed E-state index contributed by atoms with van der Waals surface area (Å²) in [5.41, 5.74) is 0.518. The average molecular weight is 409 g/mol. The molecular weight excluding hydrogens is 370 g/mol. The van der Waals surface area contributed by atoms with Gasteiger partial charge in [-0.15, -0.1) is 0 Å². The molecule has 0 aliphatic rings. The fraction of sp³-hybridized carbons (Fsp3) is 0.636. The summed E-state index contributed by atoms with van der Waals surface area (Å²) in [5, 5.41) is 2.79. The SMILES string of the molecule is CCOCCOC(=N[C@H](C)CCC[NH+](CC)CC)NC(=O)c1ccc(OC)cc1. The van der Waals surface area contributed by atoms with Crippen molar-refractivity contribution in [3.63, 3.8) is 0 Å². The largest absolute Gasteiger partial charge is 0.497 e. The number of hydrogen-bond donors (Lipinski definition) is 2. The molecule has 0 heterocycles. The van der Waals surface area contributed by atoms with E-state index < -0.39 is 0 Å². The molecule has 0 bridgehead atoms. The predicted octanol–water partition coefficient (Wildman–Crippen LogP) is 1.93. The van der Waals surface area contributed by atoms with Crippen molar-refractivity contribution in [2.75, 3.05) is 46.6 Å². The summed E-state index contributed by atoms with van der Waals surface area (Å²) >= 11 is 0. The molecule has 1 amide bonds. The number of methoxy groups -OCH3 is 1. The zero-order chi connectivity index (χ0) is 21.5. The number of amidine groups is 1. The maximum absolute atomic E-state index is 12.6. The van der Waals surface area contributed by atoms with Crippen molar-refractivity contribution >= 4 is 11.9 Å². The molecule has 0 saturated heterocycles. The Morgan fingerprint density at radius 1 is 1.14 bits per heavy atom. The van der Waals surface area contributed by atoms with Crippen molar-refractivity contribution in [1.82, 2.24) is 5.32 Å². The highest BCUT2D eigenvalue weighted by Crippen LogP contribution is 2.11. The summed E-state index contributed by atoms with van der Waals surface area (Å²) in [6, 6.07) is 7.22. The number of quaternary nitrogens is 1. The highest BCUT2D eigenvalue weighted by atomic mass is 16.5. The van der Waals surface area contributed by atoms with Crippen LogP contribution >= 0.6 is 0 Å². The molecule has 0 aliphatic heterocycles. The predicted molar refractivity (Wildman–Crippen MR) is 116 cm³/mol. The minimum Gasteiger partial charge on any atom is -0.497 e. The van der Waals surface area contributed by atoms with Gasteiger partial charge in [0, 0.05) is 12.2 Å². The summed E-state index contributed by atoms with van der Waals surface area (Å²) < 4.78 is 16.1. The number of benzene rings is 1. The molecule has 0 saturated carbocycles. The van der Waals surface area contributed by atoms with Crippen LogP contribution in [0.2, 0.25) is 0 Å². The summed E-state index contributed by atoms with van der Waals surface area (Å²) in [7, 11) is 1.59. The minimum atomic E-state index is -0.261. The van der Waals surface area contributed by atoms with E-state index in [0.717, 1.165) is 32.5 Å². The Balaban J connectivity index is 2.69. The van der Waals surface area contributed by atoms with Gasteiger partial charge in [-0.2, -0.15) is 0 Å². The van der Waals surface area contributed by atoms with Crippen molar-refractivity contribution in [3.8, 4) is 5.75 Å². The van der Waals surface area contributed by atoms with E-state index in [9.17, 15) is 4.79 Å². The van der Waals surface area contributed by atoms with Gasteiger partial charge in [-0.25, -0.2) is 4.99 Å². The summed E-state index contributed by atoms with van der Waals surface area (Å²) in [5.74, 6) is 0.440. The quantitative estimate of drug-likeness (QED) is 0.297. The summed E-state index contributed by atoms with van der Waals surface area (Å²) in [6.45, 7) is 13.2. The molecule has 0 aliphatic carbocycles. The van der Waals surface area contributed by atoms with Gasteiger partial charge in [0.1, 0.15) is 12.4 Å². The van der Waals surface area contributed by atoms with E-state index >= 15 is 0 Å². The van der Waals surface area contributed by atoms with Crippen LogP contribution in [0.5, 0.6) is 5.75 Å². The number of aliphatic imine (C=N–C) groups is 1. The molecule has 0 radical (unpaired) electrons. The van der Waals surface area contributed by atoms with Gasteiger partial charge in [-0.05, 0) is 64.8 Å². The normalized spacial score (nSPS) is 12.7. The number of carbonyl (C=O) groups is 1. The molecular formula is C22H38N3O4+. The zero-order valence-corrected chi connectivity index (χ0v) is 18.6. The molecule has 1 rings (SSSR count). The molecule has 0 aromatic heterocycles. The first-order chi connectivity index (χ1) is 14.0. The van der Waals surface area contributed by atoms with E-state index in [1.54, 1.807) is 36.3 Å². The summed E-state index contributed by atoms with van der Waals surface area (Å²) in [4.78, 5) is 18.7. The van der Waals surface area contributed by atoms with Crippen molar-refractivity contribution in [2.45, 2.75) is 46.6 Å². The van der Waals surface area contributed by atoms with Crippen LogP contribution in [-0.4, -0.2) is 64.5 Å². The Labute approximate surface area is 175 Å². The third-order valence-corrected chi connectivity index (χ3v) is 4.73. The molecule has 1 aromatic carbocycles. The fourth-order valence-corrected chi connectivity index (χ4v) is 2.87. The van der Waals surface area contributed by atoms with Crippen molar-refractivity contribution in [3.05, 3.63) is 29.8 Å². The van der Waals surface area contributed by atoms with E-state index in [1.165, 1.54) is 0 Å². The Morgan fingerprint density at radius 2 is 1.83 bits per heavy atom. The maximum atomic E-state index is 12.6. The Morgan fingerprint density at radius 3 is 2.41 bits per heavy atom. The van der Waals surface area contributed by atoms with Crippen LogP contribution in [0.25, 0.3) is 0 Å². The Kier molecular flexibility index (Phi) is 12.7. The lowest BCUT2D eigenvalue weighted by Gasteiger charge is -2.17. The lowest BCUT2D eigenvalue weighted by Crippen LogP contribution is -3.11. The van der Waals surface area contributed by atoms with Gasteiger partial charge in [0.05, 0.1) is 39.4 Å². The molecule has 2 N–H and O–H groups in total. The van der Waals surface area contributed by atoms with E-state index in [-0.39, 0.29) is 18.0 Å². The maximum Gasteiger partial charge on any atom is 0.292 e. The fourth-order valence-electron chi connectivity index (χ4n) is 2.87. The Bertz CT molecular complexity index is 601. The zero-order valence-electron chi connectivity index (χ0n) is 18.6. The molecule has 0 spiro atoms. The molecule has 164 valence electrons. The molecule has 1 atom stereocenters. The molecule has 1 aromatic rings. The average Bonchev–Trinajstić information content (AvgIpc) is 2.74. The van der Waals surface area contributed by atoms with E-state index in [0.29, 0.717) is 31.1 Å². The number of amides is 1. The third kappa shape index (κ3) is 10.3. The standard InChI is InChI=1S/C22H37N3O4/c1-6-25(7-2)15-9-10-18(4)23-22(29-17-16-28-8-3)24-21(26)19-11-13-20(27-5)14-12-19/h11-14,18H,6-10,15-17H2,1-5H3,(H,23,24,26)/p+1/t18-/m1/s1. The number of rotatable bonds is 13. The van der Waals surface area contributed by atoms with Gasteiger partial charge in [0.25, 0.3) is 11.9 Å². The van der Waals surface area contributed by atoms with Gasteiger partial charge < -0.3 is 19.1 Å². The first kappa shape index (κ1) is 24.9. The number of carbonyl (C=O) groups excluding carboxylic acids is 1.